The number of fused-ring (bicyclic) bond motifs is 1. The summed E-state index contributed by atoms with van der Waals surface area (Å²) < 4.78 is 0. The first-order valence-electron chi connectivity index (χ1n) is 6.02. The number of aryl methyl sites for hydroxylation is 2. The van der Waals surface area contributed by atoms with Gasteiger partial charge >= 0.3 is 0 Å². The number of rotatable bonds is 1. The Balaban J connectivity index is 1.90. The summed E-state index contributed by atoms with van der Waals surface area (Å²) in [5, 5.41) is 0. The predicted molar refractivity (Wildman–Crippen MR) is 62.8 cm³/mol. The molecule has 0 bridgehead atoms. The van der Waals surface area contributed by atoms with Gasteiger partial charge < -0.3 is 5.73 Å². The van der Waals surface area contributed by atoms with Crippen molar-refractivity contribution >= 4 is 0 Å². The lowest BCUT2D eigenvalue weighted by Crippen LogP contribution is -2.20. The lowest BCUT2D eigenvalue weighted by Gasteiger charge is -2.25. The second kappa shape index (κ2) is 3.08. The molecular formula is C14H19N. The summed E-state index contributed by atoms with van der Waals surface area (Å²) in [6.07, 6.45) is 5.29. The highest BCUT2D eigenvalue weighted by Gasteiger charge is 2.53. The van der Waals surface area contributed by atoms with Gasteiger partial charge in [0.25, 0.3) is 0 Å². The van der Waals surface area contributed by atoms with E-state index in [0.717, 1.165) is 12.5 Å². The minimum atomic E-state index is 0.607. The van der Waals surface area contributed by atoms with Gasteiger partial charge in [-0.25, -0.2) is 0 Å². The maximum Gasteiger partial charge on any atom is -0.00432 e. The fraction of sp³-hybridized carbons (Fsp3) is 0.571. The molecule has 0 radical (unpaired) electrons. The molecule has 0 aromatic heterocycles. The summed E-state index contributed by atoms with van der Waals surface area (Å²) in [6, 6.07) is 6.93. The van der Waals surface area contributed by atoms with Gasteiger partial charge in [-0.05, 0) is 61.6 Å². The van der Waals surface area contributed by atoms with E-state index >= 15 is 0 Å². The first-order chi connectivity index (χ1) is 7.23. The van der Waals surface area contributed by atoms with Crippen molar-refractivity contribution in [2.24, 2.45) is 17.1 Å². The van der Waals surface area contributed by atoms with Gasteiger partial charge in [-0.3, -0.25) is 0 Å². The Labute approximate surface area is 91.7 Å². The highest BCUT2D eigenvalue weighted by molar-refractivity contribution is 5.36. The molecule has 1 nitrogen and oxygen atoms in total. The van der Waals surface area contributed by atoms with Crippen LogP contribution in [0.3, 0.4) is 0 Å². The van der Waals surface area contributed by atoms with Gasteiger partial charge in [0.1, 0.15) is 0 Å². The van der Waals surface area contributed by atoms with E-state index < -0.39 is 0 Å². The highest BCUT2D eigenvalue weighted by atomic mass is 14.7. The molecule has 1 aromatic rings. The van der Waals surface area contributed by atoms with Gasteiger partial charge in [-0.2, -0.15) is 0 Å². The minimum Gasteiger partial charge on any atom is -0.330 e. The van der Waals surface area contributed by atoms with Crippen LogP contribution in [0.1, 0.15) is 29.5 Å². The predicted octanol–water partition coefficient (Wildman–Crippen LogP) is 2.45. The van der Waals surface area contributed by atoms with E-state index in [1.54, 1.807) is 11.1 Å². The molecule has 0 amide bonds. The van der Waals surface area contributed by atoms with Crippen LogP contribution in [-0.2, 0) is 12.8 Å². The maximum absolute atomic E-state index is 5.79. The van der Waals surface area contributed by atoms with E-state index in [9.17, 15) is 0 Å². The molecule has 2 unspecified atom stereocenters. The molecule has 1 spiro atoms. The van der Waals surface area contributed by atoms with Gasteiger partial charge in [0.15, 0.2) is 0 Å². The molecule has 2 N–H and O–H groups in total. The Bertz CT molecular complexity index is 396. The molecule has 1 saturated carbocycles. The number of hydrogen-bond donors (Lipinski definition) is 1. The third-order valence-electron chi connectivity index (χ3n) is 4.44. The Kier molecular flexibility index (Phi) is 1.93. The third-order valence-corrected chi connectivity index (χ3v) is 4.44. The molecular weight excluding hydrogens is 182 g/mol. The van der Waals surface area contributed by atoms with Gasteiger partial charge in [0, 0.05) is 0 Å². The van der Waals surface area contributed by atoms with Crippen molar-refractivity contribution in [2.45, 2.75) is 32.6 Å². The van der Waals surface area contributed by atoms with E-state index in [1.165, 1.54) is 31.2 Å². The molecule has 2 aliphatic carbocycles. The molecule has 80 valence electrons. The van der Waals surface area contributed by atoms with Gasteiger partial charge in [-0.1, -0.05) is 23.8 Å². The minimum absolute atomic E-state index is 0.607. The lowest BCUT2D eigenvalue weighted by molar-refractivity contribution is 0.395. The summed E-state index contributed by atoms with van der Waals surface area (Å²) in [5.74, 6) is 0.811. The van der Waals surface area contributed by atoms with Crippen LogP contribution in [-0.4, -0.2) is 6.54 Å². The van der Waals surface area contributed by atoms with Crippen molar-refractivity contribution in [1.29, 1.82) is 0 Å². The summed E-state index contributed by atoms with van der Waals surface area (Å²) >= 11 is 0. The second-order valence-corrected chi connectivity index (χ2v) is 5.45. The zero-order valence-corrected chi connectivity index (χ0v) is 9.42. The van der Waals surface area contributed by atoms with Gasteiger partial charge in [-0.15, -0.1) is 0 Å². The Morgan fingerprint density at radius 2 is 2.27 bits per heavy atom. The van der Waals surface area contributed by atoms with E-state index in [4.69, 9.17) is 5.73 Å². The molecule has 15 heavy (non-hydrogen) atoms. The fourth-order valence-corrected chi connectivity index (χ4v) is 3.30. The molecule has 3 rings (SSSR count). The largest absolute Gasteiger partial charge is 0.330 e. The lowest BCUT2D eigenvalue weighted by atomic mass is 9.79. The molecule has 1 fully saturated rings. The van der Waals surface area contributed by atoms with E-state index in [1.807, 2.05) is 0 Å². The smallest absolute Gasteiger partial charge is 0.00432 e. The first kappa shape index (κ1) is 9.41. The fourth-order valence-electron chi connectivity index (χ4n) is 3.30. The molecule has 2 aliphatic rings. The van der Waals surface area contributed by atoms with Crippen LogP contribution in [0.2, 0.25) is 0 Å². The van der Waals surface area contributed by atoms with Crippen LogP contribution in [0.25, 0.3) is 0 Å². The average Bonchev–Trinajstić information content (AvgIpc) is 2.90. The Morgan fingerprint density at radius 3 is 3.00 bits per heavy atom. The molecule has 0 heterocycles. The summed E-state index contributed by atoms with van der Waals surface area (Å²) in [6.45, 7) is 3.08. The van der Waals surface area contributed by atoms with Crippen LogP contribution in [0.5, 0.6) is 0 Å². The number of hydrogen-bond acceptors (Lipinski definition) is 1. The SMILES string of the molecule is Cc1ccc2c(c1)CC1(CC2)CC1CN. The van der Waals surface area contributed by atoms with E-state index in [-0.39, 0.29) is 0 Å². The maximum atomic E-state index is 5.79. The quantitative estimate of drug-likeness (QED) is 0.742. The molecule has 0 aliphatic heterocycles. The van der Waals surface area contributed by atoms with Gasteiger partial charge in [0.2, 0.25) is 0 Å². The van der Waals surface area contributed by atoms with E-state index in [2.05, 4.69) is 25.1 Å². The zero-order chi connectivity index (χ0) is 10.5. The monoisotopic (exact) mass is 201 g/mol. The van der Waals surface area contributed by atoms with Crippen LogP contribution >= 0.6 is 0 Å². The first-order valence-corrected chi connectivity index (χ1v) is 6.02. The van der Waals surface area contributed by atoms with Crippen molar-refractivity contribution in [3.63, 3.8) is 0 Å². The summed E-state index contributed by atoms with van der Waals surface area (Å²) in [4.78, 5) is 0. The number of nitrogens with two attached hydrogens (primary N) is 1. The van der Waals surface area contributed by atoms with Crippen LogP contribution in [0.4, 0.5) is 0 Å². The average molecular weight is 201 g/mol. The van der Waals surface area contributed by atoms with Crippen LogP contribution in [0, 0.1) is 18.3 Å². The van der Waals surface area contributed by atoms with Crippen LogP contribution in [0.15, 0.2) is 18.2 Å². The Morgan fingerprint density at radius 1 is 1.40 bits per heavy atom. The molecule has 2 atom stereocenters. The second-order valence-electron chi connectivity index (χ2n) is 5.45. The Hall–Kier alpha value is -0.820. The zero-order valence-electron chi connectivity index (χ0n) is 9.42. The topological polar surface area (TPSA) is 26.0 Å². The molecule has 1 aromatic carbocycles. The molecule has 0 saturated heterocycles. The standard InChI is InChI=1S/C14H19N/c1-10-2-3-11-4-5-14(7-12(11)6-10)8-13(14)9-15/h2-3,6,13H,4-5,7-9,15H2,1H3. The number of benzene rings is 1. The van der Waals surface area contributed by atoms with Crippen molar-refractivity contribution in [2.75, 3.05) is 6.54 Å². The molecule has 1 heteroatoms. The normalized spacial score (nSPS) is 32.8. The summed E-state index contributed by atoms with van der Waals surface area (Å²) in [7, 11) is 0. The van der Waals surface area contributed by atoms with Crippen molar-refractivity contribution in [3.05, 3.63) is 34.9 Å². The van der Waals surface area contributed by atoms with Crippen molar-refractivity contribution in [1.82, 2.24) is 0 Å². The van der Waals surface area contributed by atoms with Crippen molar-refractivity contribution < 1.29 is 0 Å². The van der Waals surface area contributed by atoms with Crippen LogP contribution < -0.4 is 5.73 Å². The summed E-state index contributed by atoms with van der Waals surface area (Å²) in [5.41, 5.74) is 11.0. The van der Waals surface area contributed by atoms with Gasteiger partial charge in [0.05, 0.1) is 0 Å². The van der Waals surface area contributed by atoms with E-state index in [0.29, 0.717) is 5.41 Å². The van der Waals surface area contributed by atoms with Crippen molar-refractivity contribution in [3.8, 4) is 0 Å². The third kappa shape index (κ3) is 1.41. The highest BCUT2D eigenvalue weighted by Crippen LogP contribution is 2.59.